The molecule has 4 unspecified atom stereocenters. The second-order valence-corrected chi connectivity index (χ2v) is 7.44. The van der Waals surface area contributed by atoms with Gasteiger partial charge in [-0.15, -0.1) is 0 Å². The molecule has 0 aromatic rings. The van der Waals surface area contributed by atoms with E-state index < -0.39 is 5.97 Å². The van der Waals surface area contributed by atoms with Crippen LogP contribution in [-0.4, -0.2) is 40.1 Å². The van der Waals surface area contributed by atoms with Crippen LogP contribution in [-0.2, 0) is 9.63 Å². The van der Waals surface area contributed by atoms with E-state index in [1.807, 2.05) is 0 Å². The van der Waals surface area contributed by atoms with E-state index in [-0.39, 0.29) is 30.5 Å². The highest BCUT2D eigenvalue weighted by Gasteiger charge is 2.45. The van der Waals surface area contributed by atoms with Crippen LogP contribution in [0.1, 0.15) is 71.1 Å². The zero-order chi connectivity index (χ0) is 18.2. The number of allylic oxidation sites excluding steroid dienone is 1. The molecule has 0 radical (unpaired) electrons. The third-order valence-corrected chi connectivity index (χ3v) is 5.48. The second kappa shape index (κ2) is 10.1. The Balaban J connectivity index is 1.66. The third-order valence-electron chi connectivity index (χ3n) is 5.48. The fraction of sp³-hybridized carbons (Fsp3) is 0.842. The maximum Gasteiger partial charge on any atom is 0.303 e. The average Bonchev–Trinajstić information content (AvgIpc) is 2.79. The topological polar surface area (TPSA) is 99.0 Å². The molecule has 144 valence electrons. The van der Waals surface area contributed by atoms with E-state index in [2.05, 4.69) is 12.4 Å². The van der Waals surface area contributed by atoms with Crippen LogP contribution in [0.4, 0.5) is 0 Å². The first-order valence-electron chi connectivity index (χ1n) is 9.70. The molecule has 6 heteroatoms. The van der Waals surface area contributed by atoms with Gasteiger partial charge in [0.2, 0.25) is 0 Å². The first kappa shape index (κ1) is 20.2. The summed E-state index contributed by atoms with van der Waals surface area (Å²) in [5.74, 6) is -0.354. The van der Waals surface area contributed by atoms with Crippen molar-refractivity contribution in [1.29, 1.82) is 0 Å². The van der Waals surface area contributed by atoms with Crippen molar-refractivity contribution in [3.05, 3.63) is 11.3 Å². The number of carboxylic acids is 1. The molecular weight excluding hydrogens is 322 g/mol. The van der Waals surface area contributed by atoms with E-state index in [9.17, 15) is 15.0 Å². The normalized spacial score (nSPS) is 26.3. The average molecular weight is 355 g/mol. The van der Waals surface area contributed by atoms with Crippen molar-refractivity contribution in [2.24, 2.45) is 11.8 Å². The van der Waals surface area contributed by atoms with Crippen LogP contribution in [0.25, 0.3) is 0 Å². The number of aliphatic hydroxyl groups is 2. The first-order chi connectivity index (χ1) is 12.0. The van der Waals surface area contributed by atoms with Crippen molar-refractivity contribution in [1.82, 2.24) is 5.48 Å². The molecule has 0 amide bonds. The van der Waals surface area contributed by atoms with Gasteiger partial charge in [-0.05, 0) is 50.0 Å². The summed E-state index contributed by atoms with van der Waals surface area (Å²) in [5, 5.41) is 29.1. The Kier molecular flexibility index (Phi) is 8.19. The van der Waals surface area contributed by atoms with Crippen LogP contribution >= 0.6 is 0 Å². The number of fused-ring (bicyclic) bond motifs is 1. The van der Waals surface area contributed by atoms with Crippen LogP contribution in [0.15, 0.2) is 11.3 Å². The van der Waals surface area contributed by atoms with Crippen LogP contribution in [0.5, 0.6) is 0 Å². The molecule has 4 N–H and O–H groups in total. The highest BCUT2D eigenvalue weighted by molar-refractivity contribution is 5.66. The van der Waals surface area contributed by atoms with Gasteiger partial charge in [0.05, 0.1) is 18.8 Å². The third kappa shape index (κ3) is 5.97. The largest absolute Gasteiger partial charge is 0.481 e. The van der Waals surface area contributed by atoms with Gasteiger partial charge in [-0.1, -0.05) is 26.2 Å². The fourth-order valence-electron chi connectivity index (χ4n) is 3.89. The Bertz CT molecular complexity index is 465. The smallest absolute Gasteiger partial charge is 0.303 e. The quantitative estimate of drug-likeness (QED) is 0.299. The number of nitrogens with one attached hydrogen (secondary N) is 1. The number of rotatable bonds is 13. The Morgan fingerprint density at radius 2 is 2.08 bits per heavy atom. The molecular formula is C19H33NO5. The van der Waals surface area contributed by atoms with E-state index in [1.54, 1.807) is 0 Å². The Morgan fingerprint density at radius 3 is 2.80 bits per heavy atom. The van der Waals surface area contributed by atoms with E-state index in [0.29, 0.717) is 13.0 Å². The van der Waals surface area contributed by atoms with Gasteiger partial charge >= 0.3 is 5.97 Å². The molecule has 4 atom stereocenters. The number of carboxylic acid groups (broad SMARTS) is 1. The van der Waals surface area contributed by atoms with Crippen LogP contribution in [0, 0.1) is 11.8 Å². The van der Waals surface area contributed by atoms with E-state index in [1.165, 1.54) is 12.0 Å². The highest BCUT2D eigenvalue weighted by atomic mass is 16.6. The van der Waals surface area contributed by atoms with Gasteiger partial charge < -0.3 is 15.3 Å². The number of hydrogen-bond donors (Lipinski definition) is 4. The summed E-state index contributed by atoms with van der Waals surface area (Å²) in [6.45, 7) is 2.52. The minimum absolute atomic E-state index is 0.109. The lowest BCUT2D eigenvalue weighted by Gasteiger charge is -2.30. The summed E-state index contributed by atoms with van der Waals surface area (Å²) < 4.78 is 0. The van der Waals surface area contributed by atoms with Crippen molar-refractivity contribution in [2.45, 2.75) is 83.3 Å². The summed E-state index contributed by atoms with van der Waals surface area (Å²) in [5.41, 5.74) is 5.22. The maximum absolute atomic E-state index is 10.4. The lowest BCUT2D eigenvalue weighted by Crippen LogP contribution is -2.32. The van der Waals surface area contributed by atoms with Crippen LogP contribution in [0.3, 0.4) is 0 Å². The molecule has 0 aromatic heterocycles. The summed E-state index contributed by atoms with van der Waals surface area (Å²) in [7, 11) is 0. The summed E-state index contributed by atoms with van der Waals surface area (Å²) in [4.78, 5) is 15.8. The van der Waals surface area contributed by atoms with Crippen LogP contribution < -0.4 is 5.48 Å². The van der Waals surface area contributed by atoms with Gasteiger partial charge in [0.25, 0.3) is 0 Å². The molecule has 2 aliphatic rings. The molecule has 6 nitrogen and oxygen atoms in total. The number of hydroxylamine groups is 1. The molecule has 0 saturated heterocycles. The molecule has 1 fully saturated rings. The predicted molar refractivity (Wildman–Crippen MR) is 94.6 cm³/mol. The standard InChI is InChI=1S/C19H33NO5/c1-2-3-4-6-14(21)9-8-13-11-15-16(19(13)24)12-17(15)20-25-10-5-7-18(22)23/h13-14,16,19-21,24H,2-12H2,1H3,(H,22,23). The highest BCUT2D eigenvalue weighted by Crippen LogP contribution is 2.49. The van der Waals surface area contributed by atoms with Crippen molar-refractivity contribution >= 4 is 5.97 Å². The SMILES string of the molecule is CCCCCC(O)CCC1CC2=C(NOCCCC(=O)O)CC2C1O. The minimum Gasteiger partial charge on any atom is -0.481 e. The van der Waals surface area contributed by atoms with Crippen molar-refractivity contribution in [3.63, 3.8) is 0 Å². The number of aliphatic carboxylic acids is 1. The molecule has 25 heavy (non-hydrogen) atoms. The molecule has 2 aliphatic carbocycles. The van der Waals surface area contributed by atoms with Crippen LogP contribution in [0.2, 0.25) is 0 Å². The molecule has 2 rings (SSSR count). The molecule has 1 saturated carbocycles. The second-order valence-electron chi connectivity index (χ2n) is 7.44. The Labute approximate surface area is 150 Å². The zero-order valence-corrected chi connectivity index (χ0v) is 15.2. The lowest BCUT2D eigenvalue weighted by atomic mass is 9.83. The van der Waals surface area contributed by atoms with Gasteiger partial charge in [0, 0.05) is 18.0 Å². The molecule has 0 bridgehead atoms. The minimum atomic E-state index is -0.812. The number of unbranched alkanes of at least 4 members (excludes halogenated alkanes) is 2. The molecule has 0 aliphatic heterocycles. The fourth-order valence-corrected chi connectivity index (χ4v) is 3.89. The number of carbonyl (C=O) groups is 1. The molecule has 0 heterocycles. The first-order valence-corrected chi connectivity index (χ1v) is 9.70. The van der Waals surface area contributed by atoms with E-state index >= 15 is 0 Å². The van der Waals surface area contributed by atoms with Crippen molar-refractivity contribution < 1.29 is 25.0 Å². The van der Waals surface area contributed by atoms with Crippen molar-refractivity contribution in [2.75, 3.05) is 6.61 Å². The van der Waals surface area contributed by atoms with Crippen molar-refractivity contribution in [3.8, 4) is 0 Å². The predicted octanol–water partition coefficient (Wildman–Crippen LogP) is 2.75. The number of hydrogen-bond acceptors (Lipinski definition) is 5. The summed E-state index contributed by atoms with van der Waals surface area (Å²) in [6.07, 6.45) is 7.59. The lowest BCUT2D eigenvalue weighted by molar-refractivity contribution is -0.137. The van der Waals surface area contributed by atoms with Gasteiger partial charge in [-0.3, -0.25) is 15.1 Å². The molecule has 0 spiro atoms. The summed E-state index contributed by atoms with van der Waals surface area (Å²) in [6, 6.07) is 0. The van der Waals surface area contributed by atoms with Gasteiger partial charge in [0.1, 0.15) is 0 Å². The number of aliphatic hydroxyl groups excluding tert-OH is 2. The van der Waals surface area contributed by atoms with E-state index in [4.69, 9.17) is 9.94 Å². The van der Waals surface area contributed by atoms with Gasteiger partial charge in [-0.2, -0.15) is 0 Å². The zero-order valence-electron chi connectivity index (χ0n) is 15.2. The maximum atomic E-state index is 10.4. The van der Waals surface area contributed by atoms with Gasteiger partial charge in [-0.25, -0.2) is 0 Å². The van der Waals surface area contributed by atoms with E-state index in [0.717, 1.165) is 50.6 Å². The molecule has 0 aromatic carbocycles. The Hall–Kier alpha value is -1.11. The monoisotopic (exact) mass is 355 g/mol. The Morgan fingerprint density at radius 1 is 1.28 bits per heavy atom. The van der Waals surface area contributed by atoms with Gasteiger partial charge in [0.15, 0.2) is 0 Å². The summed E-state index contributed by atoms with van der Waals surface area (Å²) >= 11 is 0.